The molecule has 0 saturated carbocycles. The number of piperidine rings is 1. The maximum absolute atomic E-state index is 12.6. The Morgan fingerprint density at radius 3 is 2.48 bits per heavy atom. The summed E-state index contributed by atoms with van der Waals surface area (Å²) in [5, 5.41) is 0. The molecule has 0 unspecified atom stereocenters. The zero-order chi connectivity index (χ0) is 16.9. The molecule has 1 saturated heterocycles. The highest BCUT2D eigenvalue weighted by molar-refractivity contribution is 5.94. The minimum atomic E-state index is 0.208. The molecule has 128 valence electrons. The molecule has 23 heavy (non-hydrogen) atoms. The van der Waals surface area contributed by atoms with E-state index in [0.717, 1.165) is 30.1 Å². The number of amides is 1. The van der Waals surface area contributed by atoms with Gasteiger partial charge in [-0.1, -0.05) is 57.7 Å². The van der Waals surface area contributed by atoms with Crippen LogP contribution in [0.3, 0.4) is 0 Å². The third-order valence-electron chi connectivity index (χ3n) is 4.96. The number of carbonyl (C=O) groups excluding carboxylic acids is 1. The Kier molecular flexibility index (Phi) is 6.26. The predicted molar refractivity (Wildman–Crippen MR) is 97.7 cm³/mol. The van der Waals surface area contributed by atoms with Crippen LogP contribution in [0.1, 0.15) is 75.2 Å². The number of benzene rings is 1. The summed E-state index contributed by atoms with van der Waals surface area (Å²) >= 11 is 0. The summed E-state index contributed by atoms with van der Waals surface area (Å²) in [5.41, 5.74) is 2.46. The third kappa shape index (κ3) is 6.01. The average molecular weight is 316 g/mol. The molecule has 2 heteroatoms. The molecule has 0 N–H and O–H groups in total. The molecule has 2 nitrogen and oxygen atoms in total. The molecule has 1 fully saturated rings. The van der Waals surface area contributed by atoms with Gasteiger partial charge in [0.15, 0.2) is 0 Å². The molecule has 0 radical (unpaired) electrons. The fraction of sp³-hybridized carbons (Fsp3) is 0.667. The van der Waals surface area contributed by atoms with Crippen LogP contribution in [0.2, 0.25) is 0 Å². The number of aryl methyl sites for hydroxylation is 1. The molecule has 0 aromatic heterocycles. The van der Waals surface area contributed by atoms with E-state index in [1.807, 2.05) is 36.1 Å². The van der Waals surface area contributed by atoms with Gasteiger partial charge in [0.2, 0.25) is 0 Å². The Morgan fingerprint density at radius 2 is 1.87 bits per heavy atom. The van der Waals surface area contributed by atoms with Gasteiger partial charge in [0.1, 0.15) is 0 Å². The highest BCUT2D eigenvalue weighted by Crippen LogP contribution is 2.27. The number of unbranched alkanes of at least 4 members (excludes halogenated alkanes) is 1. The van der Waals surface area contributed by atoms with E-state index in [-0.39, 0.29) is 5.91 Å². The van der Waals surface area contributed by atoms with Crippen molar-refractivity contribution in [3.8, 4) is 0 Å². The van der Waals surface area contributed by atoms with Gasteiger partial charge < -0.3 is 4.90 Å². The van der Waals surface area contributed by atoms with E-state index in [1.54, 1.807) is 0 Å². The monoisotopic (exact) mass is 315 g/mol. The van der Waals surface area contributed by atoms with Gasteiger partial charge in [0.05, 0.1) is 0 Å². The van der Waals surface area contributed by atoms with E-state index in [9.17, 15) is 4.79 Å². The molecule has 1 heterocycles. The fourth-order valence-electron chi connectivity index (χ4n) is 3.47. The van der Waals surface area contributed by atoms with E-state index < -0.39 is 0 Å². The van der Waals surface area contributed by atoms with Gasteiger partial charge in [-0.05, 0) is 49.7 Å². The molecule has 0 bridgehead atoms. The van der Waals surface area contributed by atoms with Crippen LogP contribution in [0.25, 0.3) is 0 Å². The predicted octanol–water partition coefficient (Wildman–Crippen LogP) is 5.45. The second-order valence-corrected chi connectivity index (χ2v) is 8.41. The van der Waals surface area contributed by atoms with Gasteiger partial charge in [-0.15, -0.1) is 0 Å². The Morgan fingerprint density at radius 1 is 1.17 bits per heavy atom. The number of nitrogens with zero attached hydrogens (tertiary/aromatic N) is 1. The second-order valence-electron chi connectivity index (χ2n) is 8.41. The highest BCUT2D eigenvalue weighted by Gasteiger charge is 2.23. The van der Waals surface area contributed by atoms with Crippen molar-refractivity contribution in [2.24, 2.45) is 11.3 Å². The van der Waals surface area contributed by atoms with Gasteiger partial charge >= 0.3 is 0 Å². The summed E-state index contributed by atoms with van der Waals surface area (Å²) < 4.78 is 0. The van der Waals surface area contributed by atoms with Crippen molar-refractivity contribution in [2.75, 3.05) is 13.1 Å². The molecule has 2 rings (SSSR count). The quantitative estimate of drug-likeness (QED) is 0.661. The van der Waals surface area contributed by atoms with Crippen LogP contribution in [0.5, 0.6) is 0 Å². The van der Waals surface area contributed by atoms with Crippen LogP contribution < -0.4 is 0 Å². The van der Waals surface area contributed by atoms with Crippen LogP contribution >= 0.6 is 0 Å². The van der Waals surface area contributed by atoms with Crippen molar-refractivity contribution >= 4 is 5.91 Å². The molecule has 1 aliphatic rings. The van der Waals surface area contributed by atoms with Gasteiger partial charge in [-0.25, -0.2) is 0 Å². The number of rotatable bonds is 5. The molecule has 1 aromatic rings. The van der Waals surface area contributed by atoms with Gasteiger partial charge in [-0.2, -0.15) is 0 Å². The lowest BCUT2D eigenvalue weighted by atomic mass is 9.86. The molecular formula is C21H33NO. The SMILES string of the molecule is Cc1cccc(C(=O)N2CCC(CCCCC(C)(C)C)CC2)c1. The van der Waals surface area contributed by atoms with Crippen molar-refractivity contribution in [2.45, 2.75) is 66.2 Å². The highest BCUT2D eigenvalue weighted by atomic mass is 16.2. The van der Waals surface area contributed by atoms with Crippen LogP contribution in [-0.4, -0.2) is 23.9 Å². The van der Waals surface area contributed by atoms with Crippen LogP contribution in [-0.2, 0) is 0 Å². The van der Waals surface area contributed by atoms with E-state index in [1.165, 1.54) is 38.5 Å². The van der Waals surface area contributed by atoms with Crippen molar-refractivity contribution < 1.29 is 4.79 Å². The van der Waals surface area contributed by atoms with E-state index in [2.05, 4.69) is 20.8 Å². The smallest absolute Gasteiger partial charge is 0.253 e. The standard InChI is InChI=1S/C21H33NO/c1-17-8-7-10-19(16-17)20(23)22-14-11-18(12-15-22)9-5-6-13-21(2,3)4/h7-8,10,16,18H,5-6,9,11-15H2,1-4H3. The fourth-order valence-corrected chi connectivity index (χ4v) is 3.47. The minimum absolute atomic E-state index is 0.208. The first-order chi connectivity index (χ1) is 10.8. The van der Waals surface area contributed by atoms with Gasteiger partial charge in [-0.3, -0.25) is 4.79 Å². The summed E-state index contributed by atoms with van der Waals surface area (Å²) in [4.78, 5) is 14.6. The van der Waals surface area contributed by atoms with E-state index in [4.69, 9.17) is 0 Å². The lowest BCUT2D eigenvalue weighted by molar-refractivity contribution is 0.0685. The third-order valence-corrected chi connectivity index (χ3v) is 4.96. The zero-order valence-corrected chi connectivity index (χ0v) is 15.4. The Hall–Kier alpha value is -1.31. The average Bonchev–Trinajstić information content (AvgIpc) is 2.50. The van der Waals surface area contributed by atoms with Crippen molar-refractivity contribution in [3.63, 3.8) is 0 Å². The largest absolute Gasteiger partial charge is 0.339 e. The first-order valence-electron chi connectivity index (χ1n) is 9.21. The summed E-state index contributed by atoms with van der Waals surface area (Å²) in [7, 11) is 0. The lowest BCUT2D eigenvalue weighted by Gasteiger charge is -2.32. The molecule has 1 amide bonds. The van der Waals surface area contributed by atoms with Crippen molar-refractivity contribution in [3.05, 3.63) is 35.4 Å². The maximum Gasteiger partial charge on any atom is 0.253 e. The normalized spacial score (nSPS) is 16.6. The number of likely N-dealkylation sites (tertiary alicyclic amines) is 1. The molecule has 0 spiro atoms. The van der Waals surface area contributed by atoms with E-state index >= 15 is 0 Å². The summed E-state index contributed by atoms with van der Waals surface area (Å²) in [5.74, 6) is 1.02. The number of hydrogen-bond acceptors (Lipinski definition) is 1. The van der Waals surface area contributed by atoms with Crippen LogP contribution in [0.4, 0.5) is 0 Å². The zero-order valence-electron chi connectivity index (χ0n) is 15.4. The number of hydrogen-bond donors (Lipinski definition) is 0. The minimum Gasteiger partial charge on any atom is -0.339 e. The number of carbonyl (C=O) groups is 1. The molecule has 1 aliphatic heterocycles. The first-order valence-corrected chi connectivity index (χ1v) is 9.21. The summed E-state index contributed by atoms with van der Waals surface area (Å²) in [6.07, 6.45) is 7.68. The molecule has 0 atom stereocenters. The topological polar surface area (TPSA) is 20.3 Å². The summed E-state index contributed by atoms with van der Waals surface area (Å²) in [6.45, 7) is 10.9. The van der Waals surface area contributed by atoms with Crippen molar-refractivity contribution in [1.82, 2.24) is 4.90 Å². The van der Waals surface area contributed by atoms with Crippen LogP contribution in [0.15, 0.2) is 24.3 Å². The van der Waals surface area contributed by atoms with E-state index in [0.29, 0.717) is 5.41 Å². The lowest BCUT2D eigenvalue weighted by Crippen LogP contribution is -2.38. The first kappa shape index (κ1) is 18.0. The molecular weight excluding hydrogens is 282 g/mol. The Labute approximate surface area is 142 Å². The van der Waals surface area contributed by atoms with Gasteiger partial charge in [0, 0.05) is 18.7 Å². The Balaban J connectivity index is 1.72. The Bertz CT molecular complexity index is 507. The molecule has 1 aromatic carbocycles. The van der Waals surface area contributed by atoms with Crippen molar-refractivity contribution in [1.29, 1.82) is 0 Å². The molecule has 0 aliphatic carbocycles. The van der Waals surface area contributed by atoms with Gasteiger partial charge in [0.25, 0.3) is 5.91 Å². The summed E-state index contributed by atoms with van der Waals surface area (Å²) in [6, 6.07) is 7.96. The van der Waals surface area contributed by atoms with Crippen LogP contribution in [0, 0.1) is 18.3 Å². The maximum atomic E-state index is 12.6. The second kappa shape index (κ2) is 7.99.